The number of benzene rings is 2. The van der Waals surface area contributed by atoms with E-state index in [9.17, 15) is 21.2 Å². The molecule has 27 heavy (non-hydrogen) atoms. The van der Waals surface area contributed by atoms with Gasteiger partial charge in [0.25, 0.3) is 10.0 Å². The Hall–Kier alpha value is -2.23. The van der Waals surface area contributed by atoms with Crippen molar-refractivity contribution < 1.29 is 21.2 Å². The highest BCUT2D eigenvalue weighted by atomic mass is 32.2. The summed E-state index contributed by atoms with van der Waals surface area (Å²) in [5.74, 6) is -0.854. The summed E-state index contributed by atoms with van der Waals surface area (Å²) in [4.78, 5) is -0.0731. The van der Waals surface area contributed by atoms with E-state index in [2.05, 4.69) is 4.72 Å². The molecule has 0 radical (unpaired) electrons. The molecular weight excluding hydrogens is 391 g/mol. The molecule has 0 saturated heterocycles. The van der Waals surface area contributed by atoms with Crippen LogP contribution in [-0.2, 0) is 26.5 Å². The Morgan fingerprint density at radius 2 is 1.70 bits per heavy atom. The Morgan fingerprint density at radius 3 is 2.41 bits per heavy atom. The van der Waals surface area contributed by atoms with E-state index in [4.69, 9.17) is 0 Å². The lowest BCUT2D eigenvalue weighted by Crippen LogP contribution is -2.23. The minimum absolute atomic E-state index is 0.126. The zero-order valence-electron chi connectivity index (χ0n) is 14.8. The van der Waals surface area contributed by atoms with E-state index in [-0.39, 0.29) is 16.2 Å². The summed E-state index contributed by atoms with van der Waals surface area (Å²) in [7, 11) is -5.16. The minimum Gasteiger partial charge on any atom is -0.277 e. The first-order valence-corrected chi connectivity index (χ1v) is 11.1. The van der Waals surface area contributed by atoms with Gasteiger partial charge in [0.1, 0.15) is 5.82 Å². The van der Waals surface area contributed by atoms with E-state index in [1.165, 1.54) is 14.1 Å². The van der Waals surface area contributed by atoms with Gasteiger partial charge in [0.15, 0.2) is 0 Å². The van der Waals surface area contributed by atoms with Gasteiger partial charge in [-0.1, -0.05) is 24.3 Å². The number of sulfonamides is 2. The van der Waals surface area contributed by atoms with E-state index in [1.807, 2.05) is 24.3 Å². The van der Waals surface area contributed by atoms with Crippen LogP contribution in [0.2, 0.25) is 0 Å². The molecule has 0 aromatic heterocycles. The molecule has 2 aromatic carbocycles. The van der Waals surface area contributed by atoms with Crippen molar-refractivity contribution in [2.24, 2.45) is 0 Å². The molecular formula is C18H19FN2O4S2. The summed E-state index contributed by atoms with van der Waals surface area (Å²) in [6.07, 6.45) is 2.39. The topological polar surface area (TPSA) is 83.6 Å². The van der Waals surface area contributed by atoms with Crippen molar-refractivity contribution in [3.05, 3.63) is 64.3 Å². The van der Waals surface area contributed by atoms with Gasteiger partial charge in [-0.3, -0.25) is 4.72 Å². The number of fused-ring (bicyclic) bond motifs is 1. The van der Waals surface area contributed by atoms with E-state index in [0.717, 1.165) is 33.6 Å². The first-order valence-electron chi connectivity index (χ1n) is 8.14. The van der Waals surface area contributed by atoms with Gasteiger partial charge in [0.05, 0.1) is 15.5 Å². The fourth-order valence-corrected chi connectivity index (χ4v) is 4.94. The number of allylic oxidation sites excluding steroid dienone is 1. The molecule has 0 fully saturated rings. The van der Waals surface area contributed by atoms with Crippen LogP contribution in [0.5, 0.6) is 0 Å². The van der Waals surface area contributed by atoms with Crippen LogP contribution < -0.4 is 4.72 Å². The summed E-state index contributed by atoms with van der Waals surface area (Å²) in [5, 5.41) is 0. The SMILES string of the molecule is CN(C)S(=O)(=O)c1ccc(F)c(NS(=O)(=O)C2=Cc3ccccc3CC2)c1. The molecule has 6 nitrogen and oxygen atoms in total. The second kappa shape index (κ2) is 7.06. The molecule has 144 valence electrons. The van der Waals surface area contributed by atoms with Crippen LogP contribution >= 0.6 is 0 Å². The maximum absolute atomic E-state index is 14.1. The fraction of sp³-hybridized carbons (Fsp3) is 0.222. The number of nitrogens with one attached hydrogen (secondary N) is 1. The number of aryl methyl sites for hydroxylation is 1. The second-order valence-corrected chi connectivity index (χ2v) is 10.2. The third-order valence-corrected chi connectivity index (χ3v) is 7.63. The van der Waals surface area contributed by atoms with Crippen LogP contribution in [0.4, 0.5) is 10.1 Å². The van der Waals surface area contributed by atoms with Gasteiger partial charge in [0, 0.05) is 14.1 Å². The predicted molar refractivity (Wildman–Crippen MR) is 103 cm³/mol. The van der Waals surface area contributed by atoms with Gasteiger partial charge in [-0.15, -0.1) is 0 Å². The molecule has 0 atom stereocenters. The molecule has 0 amide bonds. The Bertz CT molecular complexity index is 1120. The average molecular weight is 410 g/mol. The van der Waals surface area contributed by atoms with Gasteiger partial charge in [-0.25, -0.2) is 25.5 Å². The molecule has 0 spiro atoms. The highest BCUT2D eigenvalue weighted by Crippen LogP contribution is 2.29. The van der Waals surface area contributed by atoms with Crippen molar-refractivity contribution in [3.8, 4) is 0 Å². The Balaban J connectivity index is 1.97. The first-order chi connectivity index (χ1) is 12.6. The summed E-state index contributed by atoms with van der Waals surface area (Å²) < 4.78 is 67.1. The van der Waals surface area contributed by atoms with E-state index in [1.54, 1.807) is 6.08 Å². The third kappa shape index (κ3) is 3.90. The predicted octanol–water partition coefficient (Wildman–Crippen LogP) is 2.81. The smallest absolute Gasteiger partial charge is 0.258 e. The molecule has 2 aromatic rings. The summed E-state index contributed by atoms with van der Waals surface area (Å²) >= 11 is 0. The Labute approximate surface area is 158 Å². The number of rotatable bonds is 5. The summed E-state index contributed by atoms with van der Waals surface area (Å²) in [6, 6.07) is 10.5. The van der Waals surface area contributed by atoms with Crippen molar-refractivity contribution in [2.45, 2.75) is 17.7 Å². The Kier molecular flexibility index (Phi) is 5.11. The maximum atomic E-state index is 14.1. The van der Waals surface area contributed by atoms with Gasteiger partial charge >= 0.3 is 0 Å². The molecule has 1 aliphatic rings. The normalized spacial score (nSPS) is 14.6. The highest BCUT2D eigenvalue weighted by molar-refractivity contribution is 7.96. The molecule has 1 aliphatic carbocycles. The van der Waals surface area contributed by atoms with Gasteiger partial charge in [-0.2, -0.15) is 0 Å². The molecule has 0 aliphatic heterocycles. The molecule has 3 rings (SSSR count). The number of nitrogens with zero attached hydrogens (tertiary/aromatic N) is 1. The third-order valence-electron chi connectivity index (χ3n) is 4.32. The molecule has 0 bridgehead atoms. The van der Waals surface area contributed by atoms with E-state index in [0.29, 0.717) is 6.42 Å². The molecule has 1 N–H and O–H groups in total. The van der Waals surface area contributed by atoms with Crippen LogP contribution in [-0.4, -0.2) is 35.2 Å². The molecule has 0 saturated carbocycles. The lowest BCUT2D eigenvalue weighted by atomic mass is 9.98. The largest absolute Gasteiger partial charge is 0.277 e. The van der Waals surface area contributed by atoms with E-state index < -0.39 is 31.6 Å². The molecule has 0 unspecified atom stereocenters. The van der Waals surface area contributed by atoms with Gasteiger partial charge < -0.3 is 0 Å². The number of hydrogen-bond donors (Lipinski definition) is 1. The van der Waals surface area contributed by atoms with Crippen molar-refractivity contribution >= 4 is 31.8 Å². The fourth-order valence-electron chi connectivity index (χ4n) is 2.78. The lowest BCUT2D eigenvalue weighted by molar-refractivity contribution is 0.520. The highest BCUT2D eigenvalue weighted by Gasteiger charge is 2.25. The van der Waals surface area contributed by atoms with E-state index >= 15 is 0 Å². The lowest BCUT2D eigenvalue weighted by Gasteiger charge is -2.18. The van der Waals surface area contributed by atoms with Crippen molar-refractivity contribution in [1.29, 1.82) is 0 Å². The monoisotopic (exact) mass is 410 g/mol. The van der Waals surface area contributed by atoms with Crippen molar-refractivity contribution in [2.75, 3.05) is 18.8 Å². The number of halogens is 1. The number of anilines is 1. The van der Waals surface area contributed by atoms with Gasteiger partial charge in [-0.05, 0) is 48.2 Å². The Morgan fingerprint density at radius 1 is 1.00 bits per heavy atom. The average Bonchev–Trinajstić information content (AvgIpc) is 2.62. The van der Waals surface area contributed by atoms with Crippen LogP contribution in [0.25, 0.3) is 6.08 Å². The second-order valence-electron chi connectivity index (χ2n) is 6.34. The zero-order valence-corrected chi connectivity index (χ0v) is 16.4. The van der Waals surface area contributed by atoms with Crippen molar-refractivity contribution in [3.63, 3.8) is 0 Å². The van der Waals surface area contributed by atoms with Crippen LogP contribution in [0.15, 0.2) is 52.3 Å². The van der Waals surface area contributed by atoms with Crippen LogP contribution in [0.1, 0.15) is 17.5 Å². The molecule has 0 heterocycles. The summed E-state index contributed by atoms with van der Waals surface area (Å²) in [5.41, 5.74) is 1.44. The molecule has 9 heteroatoms. The minimum atomic E-state index is -4.02. The number of hydrogen-bond acceptors (Lipinski definition) is 4. The maximum Gasteiger partial charge on any atom is 0.258 e. The standard InChI is InChI=1S/C18H19FN2O4S2/c1-21(2)27(24,25)16-9-10-17(19)18(12-16)20-26(22,23)15-8-7-13-5-3-4-6-14(13)11-15/h3-6,9-12,20H,7-8H2,1-2H3. The zero-order chi connectivity index (χ0) is 19.8. The summed E-state index contributed by atoms with van der Waals surface area (Å²) in [6.45, 7) is 0. The van der Waals surface area contributed by atoms with Crippen LogP contribution in [0.3, 0.4) is 0 Å². The quantitative estimate of drug-likeness (QED) is 0.822. The van der Waals surface area contributed by atoms with Crippen molar-refractivity contribution in [1.82, 2.24) is 4.31 Å². The van der Waals surface area contributed by atoms with Crippen LogP contribution in [0, 0.1) is 5.82 Å². The van der Waals surface area contributed by atoms with Gasteiger partial charge in [0.2, 0.25) is 10.0 Å². The first kappa shape index (κ1) is 19.5.